The normalized spacial score (nSPS) is 15.6. The van der Waals surface area contributed by atoms with Crippen molar-refractivity contribution in [2.75, 3.05) is 28.3 Å². The molecule has 1 saturated carbocycles. The summed E-state index contributed by atoms with van der Waals surface area (Å²) in [6.07, 6.45) is 6.84. The third-order valence-corrected chi connectivity index (χ3v) is 9.25. The van der Waals surface area contributed by atoms with Crippen molar-refractivity contribution in [2.45, 2.75) is 33.7 Å². The molecule has 0 saturated heterocycles. The van der Waals surface area contributed by atoms with Gasteiger partial charge in [-0.2, -0.15) is 0 Å². The van der Waals surface area contributed by atoms with Gasteiger partial charge in [0.2, 0.25) is 0 Å². The second-order valence-electron chi connectivity index (χ2n) is 9.70. The van der Waals surface area contributed by atoms with Gasteiger partial charge in [-0.15, -0.1) is 0 Å². The fourth-order valence-electron chi connectivity index (χ4n) is 5.43. The highest BCUT2D eigenvalue weighted by Gasteiger charge is 2.42. The van der Waals surface area contributed by atoms with Crippen molar-refractivity contribution in [1.29, 1.82) is 0 Å². The molecule has 4 heteroatoms. The summed E-state index contributed by atoms with van der Waals surface area (Å²) >= 11 is 0. The largest absolute Gasteiger partial charge is 0.496 e. The maximum Gasteiger partial charge on any atom is 0.124 e. The Labute approximate surface area is 219 Å². The molecule has 4 rings (SSSR count). The van der Waals surface area contributed by atoms with E-state index < -0.39 is 7.92 Å². The molecule has 0 heterocycles. The Morgan fingerprint density at radius 1 is 0.694 bits per heavy atom. The summed E-state index contributed by atoms with van der Waals surface area (Å²) in [4.78, 5) is 2.32. The van der Waals surface area contributed by atoms with Crippen molar-refractivity contribution in [3.63, 3.8) is 0 Å². The maximum atomic E-state index is 5.71. The van der Waals surface area contributed by atoms with E-state index >= 15 is 0 Å². The average Bonchev–Trinajstić information content (AvgIpc) is 3.28. The van der Waals surface area contributed by atoms with Gasteiger partial charge < -0.3 is 14.4 Å². The standard InChI is InChI=1S/C32H37NO2P/c1-21-17-26(18-22(2)31(21)34-7)36(27-19-23(3)32(35-8)24(4)20-27)29-16-12-15-28(29)30(33(5)6)25-13-10-9-11-14-25/h9-20,30H,1-8H3/t30-/m0/s1. The Bertz CT molecular complexity index is 1080. The van der Waals surface area contributed by atoms with E-state index in [0.29, 0.717) is 0 Å². The van der Waals surface area contributed by atoms with Crippen LogP contribution >= 0.6 is 7.92 Å². The van der Waals surface area contributed by atoms with Crippen molar-refractivity contribution in [3.8, 4) is 11.5 Å². The summed E-state index contributed by atoms with van der Waals surface area (Å²) in [5, 5.41) is 2.67. The molecule has 1 fully saturated rings. The number of benzene rings is 3. The number of rotatable bonds is 8. The fraction of sp³-hybridized carbons (Fsp3) is 0.281. The number of methoxy groups -OCH3 is 2. The molecular weight excluding hydrogens is 461 g/mol. The maximum absolute atomic E-state index is 5.71. The topological polar surface area (TPSA) is 21.7 Å². The van der Waals surface area contributed by atoms with Gasteiger partial charge in [0.25, 0.3) is 0 Å². The average molecular weight is 499 g/mol. The molecule has 0 spiro atoms. The quantitative estimate of drug-likeness (QED) is 0.335. The lowest BCUT2D eigenvalue weighted by Crippen LogP contribution is -2.30. The highest BCUT2D eigenvalue weighted by atomic mass is 31.1. The number of nitrogens with zero attached hydrogens (tertiary/aromatic N) is 1. The molecule has 0 unspecified atom stereocenters. The van der Waals surface area contributed by atoms with Gasteiger partial charge >= 0.3 is 0 Å². The molecular formula is C32H37NO2P. The SMILES string of the molecule is COc1c(C)cc(P([C]2[CH][CH][CH][C]2[C@H](c2ccccc2)N(C)C)c2cc(C)c(OC)c(C)c2)cc1C. The summed E-state index contributed by atoms with van der Waals surface area (Å²) in [7, 11) is 7.03. The predicted octanol–water partition coefficient (Wildman–Crippen LogP) is 6.41. The molecule has 36 heavy (non-hydrogen) atoms. The van der Waals surface area contributed by atoms with Gasteiger partial charge in [-0.3, -0.25) is 0 Å². The van der Waals surface area contributed by atoms with E-state index in [1.807, 2.05) is 0 Å². The van der Waals surface area contributed by atoms with Crippen LogP contribution in [0, 0.1) is 58.5 Å². The summed E-state index contributed by atoms with van der Waals surface area (Å²) in [6.45, 7) is 8.58. The zero-order valence-corrected chi connectivity index (χ0v) is 23.6. The van der Waals surface area contributed by atoms with Gasteiger partial charge in [0.15, 0.2) is 0 Å². The second kappa shape index (κ2) is 11.4. The van der Waals surface area contributed by atoms with Gasteiger partial charge in [0, 0.05) is 17.6 Å². The molecule has 0 N–H and O–H groups in total. The van der Waals surface area contributed by atoms with Crippen LogP contribution in [0.15, 0.2) is 54.6 Å². The van der Waals surface area contributed by atoms with E-state index in [-0.39, 0.29) is 6.04 Å². The van der Waals surface area contributed by atoms with E-state index in [4.69, 9.17) is 9.47 Å². The van der Waals surface area contributed by atoms with Crippen molar-refractivity contribution >= 4 is 18.5 Å². The zero-order valence-electron chi connectivity index (χ0n) is 22.7. The monoisotopic (exact) mass is 498 g/mol. The summed E-state index contributed by atoms with van der Waals surface area (Å²) in [5.74, 6) is 3.29. The van der Waals surface area contributed by atoms with Gasteiger partial charge in [-0.05, 0) is 132 Å². The zero-order chi connectivity index (χ0) is 26.0. The molecule has 3 aromatic carbocycles. The number of hydrogen-bond donors (Lipinski definition) is 0. The molecule has 1 aliphatic rings. The van der Waals surface area contributed by atoms with Crippen molar-refractivity contribution in [3.05, 3.63) is 113 Å². The van der Waals surface area contributed by atoms with Crippen molar-refractivity contribution in [1.82, 2.24) is 4.90 Å². The minimum absolute atomic E-state index is 0.169. The molecule has 0 aromatic heterocycles. The molecule has 5 radical (unpaired) electrons. The molecule has 187 valence electrons. The van der Waals surface area contributed by atoms with E-state index in [9.17, 15) is 0 Å². The van der Waals surface area contributed by atoms with Gasteiger partial charge in [-0.1, -0.05) is 30.3 Å². The smallest absolute Gasteiger partial charge is 0.124 e. The third-order valence-electron chi connectivity index (χ3n) is 6.81. The van der Waals surface area contributed by atoms with Gasteiger partial charge in [0.1, 0.15) is 11.5 Å². The minimum Gasteiger partial charge on any atom is -0.496 e. The van der Waals surface area contributed by atoms with Crippen LogP contribution in [0.25, 0.3) is 0 Å². The Kier molecular flexibility index (Phi) is 8.43. The van der Waals surface area contributed by atoms with Crippen LogP contribution in [0.1, 0.15) is 33.9 Å². The second-order valence-corrected chi connectivity index (χ2v) is 11.9. The first-order chi connectivity index (χ1) is 17.3. The van der Waals surface area contributed by atoms with E-state index in [2.05, 4.69) is 121 Å². The van der Waals surface area contributed by atoms with Gasteiger partial charge in [0.05, 0.1) is 14.2 Å². The lowest BCUT2D eigenvalue weighted by atomic mass is 9.90. The fourth-order valence-corrected chi connectivity index (χ4v) is 8.27. The summed E-state index contributed by atoms with van der Waals surface area (Å²) < 4.78 is 11.4. The highest BCUT2D eigenvalue weighted by molar-refractivity contribution is 7.76. The van der Waals surface area contributed by atoms with Crippen LogP contribution in [0.5, 0.6) is 11.5 Å². The van der Waals surface area contributed by atoms with Crippen molar-refractivity contribution < 1.29 is 9.47 Å². The molecule has 0 amide bonds. The lowest BCUT2D eigenvalue weighted by molar-refractivity contribution is 0.319. The first-order valence-corrected chi connectivity index (χ1v) is 13.7. The molecule has 3 nitrogen and oxygen atoms in total. The Morgan fingerprint density at radius 3 is 1.58 bits per heavy atom. The van der Waals surface area contributed by atoms with E-state index in [1.54, 1.807) is 14.2 Å². The molecule has 0 bridgehead atoms. The van der Waals surface area contributed by atoms with Crippen LogP contribution in [0.3, 0.4) is 0 Å². The van der Waals surface area contributed by atoms with Crippen molar-refractivity contribution in [2.24, 2.45) is 0 Å². The van der Waals surface area contributed by atoms with Crippen LogP contribution in [0.4, 0.5) is 0 Å². The van der Waals surface area contributed by atoms with Crippen LogP contribution in [-0.4, -0.2) is 33.2 Å². The summed E-state index contributed by atoms with van der Waals surface area (Å²) in [6, 6.07) is 20.2. The molecule has 1 aliphatic carbocycles. The Hall–Kier alpha value is -2.35. The molecule has 1 atom stereocenters. The number of aryl methyl sites for hydroxylation is 4. The summed E-state index contributed by atoms with van der Waals surface area (Å²) in [5.41, 5.74) is 7.36. The number of ether oxygens (including phenoxy) is 2. The van der Waals surface area contributed by atoms with Crippen LogP contribution in [0.2, 0.25) is 0 Å². The Balaban J connectivity index is 1.88. The minimum atomic E-state index is -0.815. The Morgan fingerprint density at radius 2 is 1.17 bits per heavy atom. The lowest BCUT2D eigenvalue weighted by Gasteiger charge is -2.37. The molecule has 3 aromatic rings. The van der Waals surface area contributed by atoms with E-state index in [0.717, 1.165) is 11.5 Å². The van der Waals surface area contributed by atoms with Crippen LogP contribution in [-0.2, 0) is 0 Å². The first-order valence-electron chi connectivity index (χ1n) is 12.3. The predicted molar refractivity (Wildman–Crippen MR) is 153 cm³/mol. The van der Waals surface area contributed by atoms with Crippen LogP contribution < -0.4 is 20.1 Å². The first kappa shape index (κ1) is 26.7. The number of hydrogen-bond acceptors (Lipinski definition) is 3. The molecule has 0 aliphatic heterocycles. The highest BCUT2D eigenvalue weighted by Crippen LogP contribution is 2.60. The third kappa shape index (κ3) is 5.20. The van der Waals surface area contributed by atoms with Gasteiger partial charge in [-0.25, -0.2) is 0 Å². The van der Waals surface area contributed by atoms with E-state index in [1.165, 1.54) is 50.0 Å².